The van der Waals surface area contributed by atoms with E-state index in [1.807, 2.05) is 6.07 Å². The van der Waals surface area contributed by atoms with Gasteiger partial charge < -0.3 is 11.1 Å². The van der Waals surface area contributed by atoms with E-state index in [1.165, 1.54) is 29.3 Å². The highest BCUT2D eigenvalue weighted by Crippen LogP contribution is 2.23. The maximum absolute atomic E-state index is 13.7. The molecule has 1 aromatic carbocycles. The molecule has 23 heavy (non-hydrogen) atoms. The molecule has 0 aliphatic carbocycles. The minimum atomic E-state index is -0.754. The first-order chi connectivity index (χ1) is 11.1. The molecule has 2 heterocycles. The smallest absolute Gasteiger partial charge is 0.161 e. The first-order valence-electron chi connectivity index (χ1n) is 6.37. The molecular formula is C14H9F2N7. The third-order valence-corrected chi connectivity index (χ3v) is 3.01. The number of anilines is 3. The van der Waals surface area contributed by atoms with Gasteiger partial charge in [0.15, 0.2) is 5.82 Å². The molecule has 9 heteroatoms. The molecule has 0 saturated heterocycles. The monoisotopic (exact) mass is 313 g/mol. The van der Waals surface area contributed by atoms with Crippen molar-refractivity contribution in [2.24, 2.45) is 0 Å². The number of nitrogens with one attached hydrogen (secondary N) is 1. The predicted molar refractivity (Wildman–Crippen MR) is 77.9 cm³/mol. The summed E-state index contributed by atoms with van der Waals surface area (Å²) in [5.41, 5.74) is 5.64. The van der Waals surface area contributed by atoms with Crippen LogP contribution in [0.2, 0.25) is 0 Å². The average molecular weight is 313 g/mol. The Morgan fingerprint density at radius 1 is 1.22 bits per heavy atom. The maximum atomic E-state index is 13.7. The lowest BCUT2D eigenvalue weighted by Crippen LogP contribution is -2.06. The standard InChI is InChI=1S/C14H9F2N7/c15-9-2-1-3-10(16)13(9)22-11-4-12(20-7-19-11)23-14(18)8(5-17)6-21-23/h1-4,6-7H,18H2,(H,19,20,22). The van der Waals surface area contributed by atoms with E-state index in [-0.39, 0.29) is 28.7 Å². The lowest BCUT2D eigenvalue weighted by Gasteiger charge is -2.09. The summed E-state index contributed by atoms with van der Waals surface area (Å²) in [6.45, 7) is 0. The van der Waals surface area contributed by atoms with Crippen LogP contribution in [0, 0.1) is 23.0 Å². The molecule has 0 unspecified atom stereocenters. The van der Waals surface area contributed by atoms with Gasteiger partial charge in [-0.15, -0.1) is 0 Å². The summed E-state index contributed by atoms with van der Waals surface area (Å²) in [7, 11) is 0. The van der Waals surface area contributed by atoms with E-state index in [1.54, 1.807) is 0 Å². The second-order valence-electron chi connectivity index (χ2n) is 4.45. The number of hydrogen-bond donors (Lipinski definition) is 2. The van der Waals surface area contributed by atoms with Gasteiger partial charge in [0.2, 0.25) is 0 Å². The molecule has 0 aliphatic rings. The number of halogens is 2. The van der Waals surface area contributed by atoms with E-state index in [2.05, 4.69) is 20.4 Å². The van der Waals surface area contributed by atoms with Crippen LogP contribution in [0.15, 0.2) is 36.8 Å². The quantitative estimate of drug-likeness (QED) is 0.767. The number of para-hydroxylation sites is 1. The van der Waals surface area contributed by atoms with Crippen molar-refractivity contribution in [3.05, 3.63) is 54.0 Å². The Hall–Kier alpha value is -3.54. The summed E-state index contributed by atoms with van der Waals surface area (Å²) in [5.74, 6) is -1.01. The highest BCUT2D eigenvalue weighted by Gasteiger charge is 2.12. The highest BCUT2D eigenvalue weighted by molar-refractivity contribution is 5.59. The van der Waals surface area contributed by atoms with Gasteiger partial charge >= 0.3 is 0 Å². The normalized spacial score (nSPS) is 10.3. The van der Waals surface area contributed by atoms with Gasteiger partial charge in [-0.3, -0.25) is 0 Å². The molecule has 0 saturated carbocycles. The van der Waals surface area contributed by atoms with Crippen LogP contribution in [0.1, 0.15) is 5.56 Å². The second kappa shape index (κ2) is 5.69. The fraction of sp³-hybridized carbons (Fsp3) is 0. The number of benzene rings is 1. The molecule has 2 aromatic heterocycles. The molecule has 114 valence electrons. The zero-order valence-electron chi connectivity index (χ0n) is 11.5. The molecule has 0 spiro atoms. The summed E-state index contributed by atoms with van der Waals surface area (Å²) < 4.78 is 28.5. The Balaban J connectivity index is 1.97. The summed E-state index contributed by atoms with van der Waals surface area (Å²) in [4.78, 5) is 7.87. The Labute approximate surface area is 129 Å². The fourth-order valence-corrected chi connectivity index (χ4v) is 1.90. The van der Waals surface area contributed by atoms with Crippen LogP contribution in [-0.4, -0.2) is 19.7 Å². The summed E-state index contributed by atoms with van der Waals surface area (Å²) in [6.07, 6.45) is 2.48. The van der Waals surface area contributed by atoms with E-state index < -0.39 is 11.6 Å². The molecule has 0 amide bonds. The number of nitrogen functional groups attached to an aromatic ring is 1. The van der Waals surface area contributed by atoms with Crippen LogP contribution >= 0.6 is 0 Å². The van der Waals surface area contributed by atoms with Crippen LogP contribution < -0.4 is 11.1 Å². The Morgan fingerprint density at radius 3 is 2.61 bits per heavy atom. The van der Waals surface area contributed by atoms with Gasteiger partial charge in [0.1, 0.15) is 46.9 Å². The van der Waals surface area contributed by atoms with E-state index in [0.29, 0.717) is 0 Å². The van der Waals surface area contributed by atoms with Gasteiger partial charge in [0.25, 0.3) is 0 Å². The SMILES string of the molecule is N#Cc1cnn(-c2cc(Nc3c(F)cccc3F)ncn2)c1N. The van der Waals surface area contributed by atoms with Crippen molar-refractivity contribution in [3.63, 3.8) is 0 Å². The van der Waals surface area contributed by atoms with Crippen LogP contribution in [-0.2, 0) is 0 Å². The lowest BCUT2D eigenvalue weighted by atomic mass is 10.3. The summed E-state index contributed by atoms with van der Waals surface area (Å²) in [5, 5.41) is 15.4. The van der Waals surface area contributed by atoms with Gasteiger partial charge in [-0.25, -0.2) is 18.7 Å². The molecular weight excluding hydrogens is 304 g/mol. The third kappa shape index (κ3) is 2.65. The first-order valence-corrected chi connectivity index (χ1v) is 6.37. The average Bonchev–Trinajstić information content (AvgIpc) is 2.92. The molecule has 0 aliphatic heterocycles. The zero-order chi connectivity index (χ0) is 16.4. The van der Waals surface area contributed by atoms with E-state index in [4.69, 9.17) is 11.0 Å². The van der Waals surface area contributed by atoms with E-state index >= 15 is 0 Å². The molecule has 3 N–H and O–H groups in total. The number of nitrogens with two attached hydrogens (primary N) is 1. The van der Waals surface area contributed by atoms with Gasteiger partial charge in [-0.2, -0.15) is 15.0 Å². The summed E-state index contributed by atoms with van der Waals surface area (Å²) >= 11 is 0. The molecule has 0 radical (unpaired) electrons. The van der Waals surface area contributed by atoms with Crippen molar-refractivity contribution >= 4 is 17.3 Å². The van der Waals surface area contributed by atoms with Crippen LogP contribution in [0.25, 0.3) is 5.82 Å². The fourth-order valence-electron chi connectivity index (χ4n) is 1.90. The van der Waals surface area contributed by atoms with Crippen molar-refractivity contribution in [1.82, 2.24) is 19.7 Å². The Morgan fingerprint density at radius 2 is 1.96 bits per heavy atom. The van der Waals surface area contributed by atoms with Crippen LogP contribution in [0.4, 0.5) is 26.1 Å². The molecule has 0 fully saturated rings. The third-order valence-electron chi connectivity index (χ3n) is 3.01. The number of aromatic nitrogens is 4. The van der Waals surface area contributed by atoms with Crippen molar-refractivity contribution in [2.45, 2.75) is 0 Å². The van der Waals surface area contributed by atoms with Gasteiger partial charge in [0, 0.05) is 6.07 Å². The van der Waals surface area contributed by atoms with Crippen LogP contribution in [0.3, 0.4) is 0 Å². The lowest BCUT2D eigenvalue weighted by molar-refractivity contribution is 0.590. The van der Waals surface area contributed by atoms with Gasteiger partial charge in [-0.1, -0.05) is 6.07 Å². The van der Waals surface area contributed by atoms with Gasteiger partial charge in [0.05, 0.1) is 6.20 Å². The predicted octanol–water partition coefficient (Wildman–Crippen LogP) is 2.14. The van der Waals surface area contributed by atoms with E-state index in [0.717, 1.165) is 12.1 Å². The van der Waals surface area contributed by atoms with Crippen molar-refractivity contribution in [2.75, 3.05) is 11.1 Å². The topological polar surface area (TPSA) is 105 Å². The Kier molecular flexibility index (Phi) is 3.56. The Bertz CT molecular complexity index is 893. The van der Waals surface area contributed by atoms with Crippen LogP contribution in [0.5, 0.6) is 0 Å². The van der Waals surface area contributed by atoms with Crippen molar-refractivity contribution < 1.29 is 8.78 Å². The number of nitrogens with zero attached hydrogens (tertiary/aromatic N) is 5. The number of nitriles is 1. The highest BCUT2D eigenvalue weighted by atomic mass is 19.1. The largest absolute Gasteiger partial charge is 0.382 e. The number of rotatable bonds is 3. The minimum absolute atomic E-state index is 0.106. The van der Waals surface area contributed by atoms with E-state index in [9.17, 15) is 8.78 Å². The maximum Gasteiger partial charge on any atom is 0.161 e. The molecule has 0 bridgehead atoms. The molecule has 3 rings (SSSR count). The first kappa shape index (κ1) is 14.4. The molecule has 3 aromatic rings. The molecule has 7 nitrogen and oxygen atoms in total. The zero-order valence-corrected chi connectivity index (χ0v) is 11.5. The van der Waals surface area contributed by atoms with Crippen molar-refractivity contribution in [1.29, 1.82) is 5.26 Å². The minimum Gasteiger partial charge on any atom is -0.382 e. The van der Waals surface area contributed by atoms with Crippen molar-refractivity contribution in [3.8, 4) is 11.9 Å². The summed E-state index contributed by atoms with van der Waals surface area (Å²) in [6, 6.07) is 6.79. The molecule has 0 atom stereocenters. The second-order valence-corrected chi connectivity index (χ2v) is 4.45. The van der Waals surface area contributed by atoms with Gasteiger partial charge in [-0.05, 0) is 12.1 Å². The number of hydrogen-bond acceptors (Lipinski definition) is 6.